The van der Waals surface area contributed by atoms with Gasteiger partial charge in [0.25, 0.3) is 0 Å². The second kappa shape index (κ2) is 14.6. The lowest BCUT2D eigenvalue weighted by molar-refractivity contribution is -0.138. The summed E-state index contributed by atoms with van der Waals surface area (Å²) >= 11 is 0. The number of nitrogens with zero attached hydrogens (tertiary/aromatic N) is 4. The lowest BCUT2D eigenvalue weighted by atomic mass is 10.1. The third-order valence-electron chi connectivity index (χ3n) is 7.76. The van der Waals surface area contributed by atoms with Crippen molar-refractivity contribution in [1.82, 2.24) is 19.0 Å². The number of amides is 1. The third kappa shape index (κ3) is 7.91. The van der Waals surface area contributed by atoms with Crippen LogP contribution in [0.5, 0.6) is 5.75 Å². The van der Waals surface area contributed by atoms with Gasteiger partial charge in [-0.2, -0.15) is 4.31 Å². The summed E-state index contributed by atoms with van der Waals surface area (Å²) in [6.45, 7) is 16.4. The number of hydrogen-bond acceptors (Lipinski definition) is 7. The standard InChI is InChI=1S/C28H48N4O5S/c1-6-11-29(7-2)12-9-13-30-15-17-31(18-16-30)27(33)22-37-21-25-10-8-14-32(25)38(34,35)28-23(3)19-26(36-5)20-24(28)4/h19-20,25H,6-18,21-22H2,1-5H3/t25-/m0/s1. The van der Waals surface area contributed by atoms with Gasteiger partial charge < -0.3 is 19.3 Å². The first kappa shape index (κ1) is 30.8. The van der Waals surface area contributed by atoms with Gasteiger partial charge in [-0.05, 0) is 89.0 Å². The minimum Gasteiger partial charge on any atom is -0.497 e. The molecule has 0 saturated carbocycles. The van der Waals surface area contributed by atoms with E-state index in [2.05, 4.69) is 23.6 Å². The summed E-state index contributed by atoms with van der Waals surface area (Å²) in [5.41, 5.74) is 1.35. The normalized spacial score (nSPS) is 19.4. The number of carbonyl (C=O) groups is 1. The van der Waals surface area contributed by atoms with Gasteiger partial charge >= 0.3 is 0 Å². The first-order valence-electron chi connectivity index (χ1n) is 14.2. The Bertz CT molecular complexity index is 987. The maximum Gasteiger partial charge on any atom is 0.248 e. The summed E-state index contributed by atoms with van der Waals surface area (Å²) < 4.78 is 39.8. The van der Waals surface area contributed by atoms with Crippen LogP contribution in [0.15, 0.2) is 17.0 Å². The average molecular weight is 553 g/mol. The number of benzene rings is 1. The molecule has 2 heterocycles. The molecule has 0 radical (unpaired) electrons. The second-order valence-corrected chi connectivity index (χ2v) is 12.4. The molecule has 0 N–H and O–H groups in total. The van der Waals surface area contributed by atoms with E-state index in [9.17, 15) is 13.2 Å². The monoisotopic (exact) mass is 552 g/mol. The van der Waals surface area contributed by atoms with Crippen molar-refractivity contribution in [3.63, 3.8) is 0 Å². The van der Waals surface area contributed by atoms with Gasteiger partial charge in [0.05, 0.1) is 18.6 Å². The van der Waals surface area contributed by atoms with E-state index in [1.54, 1.807) is 37.4 Å². The van der Waals surface area contributed by atoms with Crippen LogP contribution < -0.4 is 4.74 Å². The second-order valence-electron chi connectivity index (χ2n) is 10.5. The largest absolute Gasteiger partial charge is 0.497 e. The van der Waals surface area contributed by atoms with E-state index in [1.807, 2.05) is 4.90 Å². The lowest BCUT2D eigenvalue weighted by Crippen LogP contribution is -2.50. The van der Waals surface area contributed by atoms with Crippen molar-refractivity contribution in [2.45, 2.75) is 64.3 Å². The fourth-order valence-electron chi connectivity index (χ4n) is 5.70. The van der Waals surface area contributed by atoms with Crippen LogP contribution >= 0.6 is 0 Å². The zero-order valence-electron chi connectivity index (χ0n) is 24.1. The Morgan fingerprint density at radius 2 is 1.74 bits per heavy atom. The molecule has 2 aliphatic heterocycles. The van der Waals surface area contributed by atoms with Gasteiger partial charge in [0.15, 0.2) is 0 Å². The molecule has 3 rings (SSSR count). The van der Waals surface area contributed by atoms with Gasteiger partial charge in [-0.25, -0.2) is 8.42 Å². The van der Waals surface area contributed by atoms with E-state index in [1.165, 1.54) is 6.42 Å². The number of carbonyl (C=O) groups excluding carboxylic acids is 1. The van der Waals surface area contributed by atoms with E-state index in [-0.39, 0.29) is 25.2 Å². The predicted molar refractivity (Wildman–Crippen MR) is 150 cm³/mol. The average Bonchev–Trinajstić information content (AvgIpc) is 3.37. The summed E-state index contributed by atoms with van der Waals surface area (Å²) in [6, 6.07) is 3.25. The van der Waals surface area contributed by atoms with Gasteiger partial charge in [0.2, 0.25) is 15.9 Å². The first-order valence-corrected chi connectivity index (χ1v) is 15.6. The molecule has 1 atom stereocenters. The van der Waals surface area contributed by atoms with Gasteiger partial charge in [-0.1, -0.05) is 13.8 Å². The highest BCUT2D eigenvalue weighted by Gasteiger charge is 2.37. The molecule has 0 unspecified atom stereocenters. The Hall–Kier alpha value is -1.72. The maximum atomic E-state index is 13.6. The van der Waals surface area contributed by atoms with Crippen LogP contribution in [0.4, 0.5) is 0 Å². The number of sulfonamides is 1. The van der Waals surface area contributed by atoms with Crippen LogP contribution in [0.2, 0.25) is 0 Å². The molecular formula is C28H48N4O5S. The van der Waals surface area contributed by atoms with Crippen LogP contribution in [0.3, 0.4) is 0 Å². The molecule has 0 bridgehead atoms. The highest BCUT2D eigenvalue weighted by Crippen LogP contribution is 2.32. The first-order chi connectivity index (χ1) is 18.2. The Balaban J connectivity index is 1.44. The van der Waals surface area contributed by atoms with Gasteiger partial charge in [0, 0.05) is 38.8 Å². The minimum absolute atomic E-state index is 0.00649. The van der Waals surface area contributed by atoms with Gasteiger partial charge in [-0.3, -0.25) is 9.69 Å². The molecule has 0 spiro atoms. The lowest BCUT2D eigenvalue weighted by Gasteiger charge is -2.35. The zero-order chi connectivity index (χ0) is 27.7. The SMILES string of the molecule is CCCN(CC)CCCN1CCN(C(=O)COC[C@@H]2CCCN2S(=O)(=O)c2c(C)cc(OC)cc2C)CC1. The van der Waals surface area contributed by atoms with E-state index >= 15 is 0 Å². The van der Waals surface area contributed by atoms with Crippen LogP contribution in [-0.4, -0.2) is 119 Å². The summed E-state index contributed by atoms with van der Waals surface area (Å²) in [7, 11) is -2.10. The van der Waals surface area contributed by atoms with E-state index in [0.29, 0.717) is 41.4 Å². The van der Waals surface area contributed by atoms with E-state index in [4.69, 9.17) is 9.47 Å². The Kier molecular flexibility index (Phi) is 11.8. The predicted octanol–water partition coefficient (Wildman–Crippen LogP) is 2.75. The quantitative estimate of drug-likeness (QED) is 0.351. The van der Waals surface area contributed by atoms with Crippen molar-refractivity contribution >= 4 is 15.9 Å². The van der Waals surface area contributed by atoms with Crippen LogP contribution in [-0.2, 0) is 19.6 Å². The maximum absolute atomic E-state index is 13.6. The molecule has 2 saturated heterocycles. The number of ether oxygens (including phenoxy) is 2. The molecule has 0 aliphatic carbocycles. The molecule has 1 amide bonds. The molecule has 216 valence electrons. The smallest absolute Gasteiger partial charge is 0.248 e. The van der Waals surface area contributed by atoms with Crippen molar-refractivity contribution in [2.75, 3.05) is 79.2 Å². The van der Waals surface area contributed by atoms with Crippen molar-refractivity contribution < 1.29 is 22.7 Å². The highest BCUT2D eigenvalue weighted by atomic mass is 32.2. The van der Waals surface area contributed by atoms with Crippen LogP contribution in [0.25, 0.3) is 0 Å². The molecule has 10 heteroatoms. The summed E-state index contributed by atoms with van der Waals surface area (Å²) in [4.78, 5) is 19.9. The van der Waals surface area contributed by atoms with Crippen LogP contribution in [0, 0.1) is 13.8 Å². The number of methoxy groups -OCH3 is 1. The van der Waals surface area contributed by atoms with Crippen molar-refractivity contribution in [1.29, 1.82) is 0 Å². The third-order valence-corrected chi connectivity index (χ3v) is 10.0. The van der Waals surface area contributed by atoms with Crippen molar-refractivity contribution in [3.8, 4) is 5.75 Å². The highest BCUT2D eigenvalue weighted by molar-refractivity contribution is 7.89. The number of aryl methyl sites for hydroxylation is 2. The topological polar surface area (TPSA) is 82.6 Å². The Morgan fingerprint density at radius 3 is 2.34 bits per heavy atom. The molecule has 9 nitrogen and oxygen atoms in total. The molecular weight excluding hydrogens is 504 g/mol. The molecule has 2 aliphatic rings. The summed E-state index contributed by atoms with van der Waals surface area (Å²) in [5.74, 6) is 0.633. The van der Waals surface area contributed by atoms with Crippen LogP contribution in [0.1, 0.15) is 50.7 Å². The fraction of sp³-hybridized carbons (Fsp3) is 0.750. The van der Waals surface area contributed by atoms with Crippen molar-refractivity contribution in [2.24, 2.45) is 0 Å². The van der Waals surface area contributed by atoms with E-state index in [0.717, 1.165) is 58.5 Å². The number of piperazine rings is 1. The fourth-order valence-corrected chi connectivity index (χ4v) is 7.80. The van der Waals surface area contributed by atoms with Crippen molar-refractivity contribution in [3.05, 3.63) is 23.3 Å². The molecule has 2 fully saturated rings. The molecule has 1 aromatic rings. The summed E-state index contributed by atoms with van der Waals surface area (Å²) in [6.07, 6.45) is 3.86. The van der Waals surface area contributed by atoms with Gasteiger partial charge in [0.1, 0.15) is 12.4 Å². The van der Waals surface area contributed by atoms with Gasteiger partial charge in [-0.15, -0.1) is 0 Å². The van der Waals surface area contributed by atoms with E-state index < -0.39 is 10.0 Å². The Labute approximate surface area is 230 Å². The number of hydrogen-bond donors (Lipinski definition) is 0. The zero-order valence-corrected chi connectivity index (χ0v) is 24.9. The number of rotatable bonds is 14. The molecule has 38 heavy (non-hydrogen) atoms. The minimum atomic E-state index is -3.68. The molecule has 0 aromatic heterocycles. The summed E-state index contributed by atoms with van der Waals surface area (Å²) in [5, 5.41) is 0. The molecule has 1 aromatic carbocycles. The Morgan fingerprint density at radius 1 is 1.05 bits per heavy atom.